The van der Waals surface area contributed by atoms with Crippen molar-refractivity contribution in [3.05, 3.63) is 28.2 Å². The zero-order valence-corrected chi connectivity index (χ0v) is 16.7. The van der Waals surface area contributed by atoms with Crippen molar-refractivity contribution in [2.45, 2.75) is 25.3 Å². The van der Waals surface area contributed by atoms with Gasteiger partial charge >= 0.3 is 0 Å². The van der Waals surface area contributed by atoms with Crippen LogP contribution in [0.5, 0.6) is 0 Å². The van der Waals surface area contributed by atoms with Crippen LogP contribution < -0.4 is 10.2 Å². The summed E-state index contributed by atoms with van der Waals surface area (Å²) in [5.74, 6) is 0.718. The standard InChI is InChI=1S/C19H27Cl2N3O2/c1-26-13-18(25)22-15-11-14(12-15)5-6-23-7-9-24(10-8-23)17-4-2-3-16(20)19(17)21/h2-4,14-15H,5-13H2,1H3,(H,22,25). The summed E-state index contributed by atoms with van der Waals surface area (Å²) in [6.45, 7) is 5.32. The third-order valence-corrected chi connectivity index (χ3v) is 6.18. The second-order valence-electron chi connectivity index (χ2n) is 7.23. The van der Waals surface area contributed by atoms with Crippen LogP contribution in [-0.2, 0) is 9.53 Å². The molecule has 7 heteroatoms. The van der Waals surface area contributed by atoms with E-state index in [2.05, 4.69) is 15.1 Å². The molecule has 1 aromatic rings. The lowest BCUT2D eigenvalue weighted by Crippen LogP contribution is -2.49. The topological polar surface area (TPSA) is 44.8 Å². The number of anilines is 1. The maximum Gasteiger partial charge on any atom is 0.246 e. The molecular formula is C19H27Cl2N3O2. The average molecular weight is 400 g/mol. The van der Waals surface area contributed by atoms with E-state index in [1.807, 2.05) is 18.2 Å². The lowest BCUT2D eigenvalue weighted by Gasteiger charge is -2.39. The Morgan fingerprint density at radius 3 is 2.65 bits per heavy atom. The number of hydrogen-bond acceptors (Lipinski definition) is 4. The molecule has 144 valence electrons. The van der Waals surface area contributed by atoms with Crippen molar-refractivity contribution in [3.8, 4) is 0 Å². The molecule has 0 unspecified atom stereocenters. The minimum atomic E-state index is -0.00764. The monoisotopic (exact) mass is 399 g/mol. The number of nitrogens with zero attached hydrogens (tertiary/aromatic N) is 2. The summed E-state index contributed by atoms with van der Waals surface area (Å²) < 4.78 is 4.84. The van der Waals surface area contributed by atoms with Gasteiger partial charge < -0.3 is 15.0 Å². The first-order chi connectivity index (χ1) is 12.6. The Labute approximate surface area is 165 Å². The molecule has 0 bridgehead atoms. The van der Waals surface area contributed by atoms with Crippen LogP contribution in [0.15, 0.2) is 18.2 Å². The van der Waals surface area contributed by atoms with E-state index in [9.17, 15) is 4.79 Å². The molecule has 5 nitrogen and oxygen atoms in total. The minimum absolute atomic E-state index is 0.00764. The van der Waals surface area contributed by atoms with E-state index >= 15 is 0 Å². The first-order valence-corrected chi connectivity index (χ1v) is 10.0. The molecule has 0 radical (unpaired) electrons. The van der Waals surface area contributed by atoms with Crippen molar-refractivity contribution in [1.29, 1.82) is 0 Å². The van der Waals surface area contributed by atoms with Gasteiger partial charge in [0.25, 0.3) is 0 Å². The summed E-state index contributed by atoms with van der Waals surface area (Å²) >= 11 is 12.5. The van der Waals surface area contributed by atoms with Crippen LogP contribution in [0.2, 0.25) is 10.0 Å². The van der Waals surface area contributed by atoms with Gasteiger partial charge in [0.05, 0.1) is 15.7 Å². The van der Waals surface area contributed by atoms with Crippen LogP contribution in [0.4, 0.5) is 5.69 Å². The van der Waals surface area contributed by atoms with Gasteiger partial charge in [-0.05, 0) is 43.9 Å². The van der Waals surface area contributed by atoms with Crippen molar-refractivity contribution in [1.82, 2.24) is 10.2 Å². The fraction of sp³-hybridized carbons (Fsp3) is 0.632. The number of halogens is 2. The molecule has 1 aliphatic carbocycles. The van der Waals surface area contributed by atoms with Crippen molar-refractivity contribution in [3.63, 3.8) is 0 Å². The smallest absolute Gasteiger partial charge is 0.246 e. The Balaban J connectivity index is 1.34. The number of rotatable bonds is 7. The number of nitrogens with one attached hydrogen (secondary N) is 1. The third kappa shape index (κ3) is 5.03. The number of benzene rings is 1. The molecule has 1 amide bonds. The minimum Gasteiger partial charge on any atom is -0.375 e. The molecule has 1 saturated heterocycles. The average Bonchev–Trinajstić information content (AvgIpc) is 2.60. The lowest BCUT2D eigenvalue weighted by molar-refractivity contribution is -0.126. The van der Waals surface area contributed by atoms with E-state index < -0.39 is 0 Å². The van der Waals surface area contributed by atoms with Gasteiger partial charge in [0, 0.05) is 39.3 Å². The third-order valence-electron chi connectivity index (χ3n) is 5.37. The van der Waals surface area contributed by atoms with Crippen LogP contribution in [0.25, 0.3) is 0 Å². The number of piperazine rings is 1. The maximum atomic E-state index is 11.5. The number of carbonyl (C=O) groups excluding carboxylic acids is 1. The van der Waals surface area contributed by atoms with Gasteiger partial charge in [0.2, 0.25) is 5.91 Å². The summed E-state index contributed by atoms with van der Waals surface area (Å²) in [4.78, 5) is 16.3. The number of amides is 1. The van der Waals surface area contributed by atoms with Crippen molar-refractivity contribution in [2.24, 2.45) is 5.92 Å². The van der Waals surface area contributed by atoms with Crippen molar-refractivity contribution >= 4 is 34.8 Å². The molecular weight excluding hydrogens is 373 g/mol. The summed E-state index contributed by atoms with van der Waals surface area (Å²) in [5, 5.41) is 4.28. The number of carbonyl (C=O) groups is 1. The predicted octanol–water partition coefficient (Wildman–Crippen LogP) is 3.05. The molecule has 0 spiro atoms. The highest BCUT2D eigenvalue weighted by Crippen LogP contribution is 2.33. The summed E-state index contributed by atoms with van der Waals surface area (Å²) in [7, 11) is 1.54. The Hall–Kier alpha value is -1.01. The highest BCUT2D eigenvalue weighted by molar-refractivity contribution is 6.43. The first-order valence-electron chi connectivity index (χ1n) is 9.26. The van der Waals surface area contributed by atoms with Gasteiger partial charge in [0.15, 0.2) is 0 Å². The first kappa shape index (κ1) is 19.7. The number of ether oxygens (including phenoxy) is 1. The van der Waals surface area contributed by atoms with Gasteiger partial charge in [-0.15, -0.1) is 0 Å². The highest BCUT2D eigenvalue weighted by atomic mass is 35.5. The van der Waals surface area contributed by atoms with Gasteiger partial charge in [-0.1, -0.05) is 29.3 Å². The van der Waals surface area contributed by atoms with Crippen LogP contribution in [0.3, 0.4) is 0 Å². The number of hydrogen-bond donors (Lipinski definition) is 1. The van der Waals surface area contributed by atoms with E-state index in [4.69, 9.17) is 27.9 Å². The molecule has 1 aliphatic heterocycles. The molecule has 0 aromatic heterocycles. The van der Waals surface area contributed by atoms with Crippen LogP contribution in [-0.4, -0.2) is 63.3 Å². The van der Waals surface area contributed by atoms with Crippen LogP contribution in [0, 0.1) is 5.92 Å². The molecule has 1 saturated carbocycles. The molecule has 26 heavy (non-hydrogen) atoms. The summed E-state index contributed by atoms with van der Waals surface area (Å²) in [5.41, 5.74) is 1.03. The van der Waals surface area contributed by atoms with E-state index in [-0.39, 0.29) is 12.5 Å². The Kier molecular flexibility index (Phi) is 7.04. The molecule has 0 atom stereocenters. The molecule has 2 aliphatic rings. The summed E-state index contributed by atoms with van der Waals surface area (Å²) in [6, 6.07) is 6.15. The molecule has 1 aromatic carbocycles. The van der Waals surface area contributed by atoms with E-state index in [0.717, 1.165) is 57.2 Å². The highest BCUT2D eigenvalue weighted by Gasteiger charge is 2.30. The Morgan fingerprint density at radius 2 is 1.96 bits per heavy atom. The van der Waals surface area contributed by atoms with Crippen LogP contribution >= 0.6 is 23.2 Å². The van der Waals surface area contributed by atoms with Gasteiger partial charge in [-0.3, -0.25) is 9.69 Å². The Bertz CT molecular complexity index is 615. The Morgan fingerprint density at radius 1 is 1.23 bits per heavy atom. The fourth-order valence-corrected chi connectivity index (χ4v) is 4.22. The maximum absolute atomic E-state index is 11.5. The number of methoxy groups -OCH3 is 1. The molecule has 1 N–H and O–H groups in total. The normalized spacial score (nSPS) is 23.6. The second-order valence-corrected chi connectivity index (χ2v) is 8.01. The van der Waals surface area contributed by atoms with Crippen molar-refractivity contribution in [2.75, 3.05) is 51.3 Å². The molecule has 1 heterocycles. The zero-order chi connectivity index (χ0) is 18.5. The largest absolute Gasteiger partial charge is 0.375 e. The van der Waals surface area contributed by atoms with Gasteiger partial charge in [-0.25, -0.2) is 0 Å². The summed E-state index contributed by atoms with van der Waals surface area (Å²) in [6.07, 6.45) is 3.38. The van der Waals surface area contributed by atoms with Gasteiger partial charge in [-0.2, -0.15) is 0 Å². The van der Waals surface area contributed by atoms with E-state index in [1.54, 1.807) is 7.11 Å². The fourth-order valence-electron chi connectivity index (χ4n) is 3.80. The van der Waals surface area contributed by atoms with Crippen LogP contribution in [0.1, 0.15) is 19.3 Å². The predicted molar refractivity (Wildman–Crippen MR) is 106 cm³/mol. The van der Waals surface area contributed by atoms with Crippen molar-refractivity contribution < 1.29 is 9.53 Å². The lowest BCUT2D eigenvalue weighted by atomic mass is 9.78. The van der Waals surface area contributed by atoms with E-state index in [1.165, 1.54) is 6.42 Å². The molecule has 2 fully saturated rings. The van der Waals surface area contributed by atoms with Gasteiger partial charge in [0.1, 0.15) is 6.61 Å². The SMILES string of the molecule is COCC(=O)NC1CC(CCN2CCN(c3cccc(Cl)c3Cl)CC2)C1. The second kappa shape index (κ2) is 9.27. The van der Waals surface area contributed by atoms with E-state index in [0.29, 0.717) is 16.1 Å². The quantitative estimate of drug-likeness (QED) is 0.764. The zero-order valence-electron chi connectivity index (χ0n) is 15.2. The molecule has 3 rings (SSSR count).